The van der Waals surface area contributed by atoms with Crippen molar-refractivity contribution in [3.8, 4) is 11.1 Å². The number of carbonyl (C=O) groups excluding carboxylic acids is 1. The Morgan fingerprint density at radius 3 is 1.86 bits per heavy atom. The monoisotopic (exact) mass is 300 g/mol. The van der Waals surface area contributed by atoms with Crippen molar-refractivity contribution in [1.82, 2.24) is 0 Å². The summed E-state index contributed by atoms with van der Waals surface area (Å²) in [6.45, 7) is 0. The van der Waals surface area contributed by atoms with E-state index in [1.165, 1.54) is 30.3 Å². The Morgan fingerprint density at radius 1 is 0.762 bits per heavy atom. The molecule has 0 atom stereocenters. The van der Waals surface area contributed by atoms with E-state index < -0.39 is 23.4 Å². The molecule has 2 aromatic rings. The normalized spacial score (nSPS) is 12.2. The van der Waals surface area contributed by atoms with Crippen LogP contribution in [0.15, 0.2) is 54.6 Å². The molecule has 0 aliphatic rings. The summed E-state index contributed by atoms with van der Waals surface area (Å²) >= 11 is 0. The van der Waals surface area contributed by atoms with Gasteiger partial charge >= 0.3 is 12.1 Å². The van der Waals surface area contributed by atoms with Gasteiger partial charge in [-0.15, -0.1) is 0 Å². The van der Waals surface area contributed by atoms with Gasteiger partial charge in [0.25, 0.3) is 0 Å². The average molecular weight is 300 g/mol. The Balaban J connectivity index is 2.54. The van der Waals surface area contributed by atoms with Gasteiger partial charge in [0, 0.05) is 5.56 Å². The molecule has 6 heteroatoms. The summed E-state index contributed by atoms with van der Waals surface area (Å²) in [6.07, 6.45) is -5.92. The van der Waals surface area contributed by atoms with Crippen LogP contribution in [0.25, 0.3) is 11.1 Å². The molecule has 0 aromatic heterocycles. The first-order valence-electron chi connectivity index (χ1n) is 5.89. The van der Waals surface area contributed by atoms with Gasteiger partial charge < -0.3 is 0 Å². The highest BCUT2D eigenvalue weighted by atomic mass is 19.4. The highest BCUT2D eigenvalue weighted by Gasteiger charge is 2.63. The maximum atomic E-state index is 13.2. The molecular weight excluding hydrogens is 291 g/mol. The predicted molar refractivity (Wildman–Crippen MR) is 67.2 cm³/mol. The van der Waals surface area contributed by atoms with Crippen molar-refractivity contribution in [3.63, 3.8) is 0 Å². The number of Topliss-reactive ketones (excluding diaryl/α,β-unsaturated/α-hetero) is 1. The van der Waals surface area contributed by atoms with Gasteiger partial charge in [-0.2, -0.15) is 22.0 Å². The molecule has 0 spiro atoms. The summed E-state index contributed by atoms with van der Waals surface area (Å²) in [5.41, 5.74) is -0.238. The zero-order chi connectivity index (χ0) is 15.7. The van der Waals surface area contributed by atoms with Crippen LogP contribution in [0, 0.1) is 0 Å². The first kappa shape index (κ1) is 15.2. The van der Waals surface area contributed by atoms with Gasteiger partial charge in [0.2, 0.25) is 5.78 Å². The van der Waals surface area contributed by atoms with Gasteiger partial charge in [0.15, 0.2) is 0 Å². The first-order chi connectivity index (χ1) is 9.75. The van der Waals surface area contributed by atoms with Gasteiger partial charge in [-0.25, -0.2) is 0 Å². The molecule has 2 aromatic carbocycles. The quantitative estimate of drug-likeness (QED) is 0.591. The zero-order valence-electron chi connectivity index (χ0n) is 10.5. The van der Waals surface area contributed by atoms with Gasteiger partial charge in [-0.1, -0.05) is 54.6 Å². The Hall–Kier alpha value is -2.24. The summed E-state index contributed by atoms with van der Waals surface area (Å²) in [7, 11) is 0. The number of ketones is 1. The minimum absolute atomic E-state index is 0.0343. The Labute approximate surface area is 117 Å². The lowest BCUT2D eigenvalue weighted by molar-refractivity contribution is -0.255. The van der Waals surface area contributed by atoms with Crippen molar-refractivity contribution < 1.29 is 26.7 Å². The van der Waals surface area contributed by atoms with Crippen molar-refractivity contribution in [2.24, 2.45) is 0 Å². The third-order valence-electron chi connectivity index (χ3n) is 2.90. The van der Waals surface area contributed by atoms with Crippen LogP contribution in [0.1, 0.15) is 10.4 Å². The second-order valence-electron chi connectivity index (χ2n) is 4.31. The number of carbonyl (C=O) groups is 1. The fourth-order valence-electron chi connectivity index (χ4n) is 1.85. The van der Waals surface area contributed by atoms with Crippen LogP contribution in [-0.4, -0.2) is 17.9 Å². The van der Waals surface area contributed by atoms with Crippen molar-refractivity contribution in [2.45, 2.75) is 12.1 Å². The highest BCUT2D eigenvalue weighted by Crippen LogP contribution is 2.39. The zero-order valence-corrected chi connectivity index (χ0v) is 10.5. The van der Waals surface area contributed by atoms with E-state index in [4.69, 9.17) is 0 Å². The second-order valence-corrected chi connectivity index (χ2v) is 4.31. The van der Waals surface area contributed by atoms with Gasteiger partial charge in [0.05, 0.1) is 0 Å². The summed E-state index contributed by atoms with van der Waals surface area (Å²) in [6, 6.07) is 12.9. The second kappa shape index (κ2) is 5.27. The number of halogens is 5. The topological polar surface area (TPSA) is 17.1 Å². The standard InChI is InChI=1S/C15H9F5O/c16-14(17,15(18,19)20)13(21)12-9-5-4-8-11(12)10-6-2-1-3-7-10/h1-9H. The Bertz CT molecular complexity index is 647. The SMILES string of the molecule is O=C(c1ccccc1-c1ccccc1)C(F)(F)C(F)(F)F. The van der Waals surface area contributed by atoms with Crippen molar-refractivity contribution in [1.29, 1.82) is 0 Å². The summed E-state index contributed by atoms with van der Waals surface area (Å²) in [5.74, 6) is -7.67. The third kappa shape index (κ3) is 2.79. The lowest BCUT2D eigenvalue weighted by atomic mass is 9.94. The smallest absolute Gasteiger partial charge is 0.287 e. The highest BCUT2D eigenvalue weighted by molar-refractivity contribution is 6.06. The maximum absolute atomic E-state index is 13.2. The average Bonchev–Trinajstić information content (AvgIpc) is 2.46. The maximum Gasteiger partial charge on any atom is 0.461 e. The summed E-state index contributed by atoms with van der Waals surface area (Å²) < 4.78 is 63.5. The molecule has 110 valence electrons. The van der Waals surface area contributed by atoms with E-state index in [9.17, 15) is 26.7 Å². The largest absolute Gasteiger partial charge is 0.461 e. The molecule has 1 nitrogen and oxygen atoms in total. The Morgan fingerprint density at radius 2 is 1.29 bits per heavy atom. The van der Waals surface area contributed by atoms with E-state index >= 15 is 0 Å². The van der Waals surface area contributed by atoms with E-state index in [0.29, 0.717) is 5.56 Å². The molecule has 0 saturated heterocycles. The van der Waals surface area contributed by atoms with E-state index in [2.05, 4.69) is 0 Å². The number of rotatable bonds is 3. The molecule has 0 unspecified atom stereocenters. The van der Waals surface area contributed by atoms with Crippen LogP contribution in [-0.2, 0) is 0 Å². The van der Waals surface area contributed by atoms with E-state index in [0.717, 1.165) is 6.07 Å². The van der Waals surface area contributed by atoms with Crippen LogP contribution in [0.3, 0.4) is 0 Å². The van der Waals surface area contributed by atoms with E-state index in [1.54, 1.807) is 18.2 Å². The summed E-state index contributed by atoms with van der Waals surface area (Å²) in [4.78, 5) is 11.6. The molecule has 21 heavy (non-hydrogen) atoms. The number of hydrogen-bond acceptors (Lipinski definition) is 1. The van der Waals surface area contributed by atoms with Gasteiger partial charge in [-0.05, 0) is 11.1 Å². The van der Waals surface area contributed by atoms with Crippen LogP contribution in [0.5, 0.6) is 0 Å². The minimum atomic E-state index is -5.92. The van der Waals surface area contributed by atoms with Crippen LogP contribution >= 0.6 is 0 Å². The number of alkyl halides is 5. The fraction of sp³-hybridized carbons (Fsp3) is 0.133. The number of hydrogen-bond donors (Lipinski definition) is 0. The predicted octanol–water partition coefficient (Wildman–Crippen LogP) is 4.73. The van der Waals surface area contributed by atoms with Crippen molar-refractivity contribution >= 4 is 5.78 Å². The molecule has 0 bridgehead atoms. The van der Waals surface area contributed by atoms with Crippen LogP contribution in [0.2, 0.25) is 0 Å². The van der Waals surface area contributed by atoms with Crippen molar-refractivity contribution in [2.75, 3.05) is 0 Å². The Kier molecular flexibility index (Phi) is 3.80. The van der Waals surface area contributed by atoms with Crippen molar-refractivity contribution in [3.05, 3.63) is 60.2 Å². The lowest BCUT2D eigenvalue weighted by Gasteiger charge is -2.19. The molecule has 0 radical (unpaired) electrons. The minimum Gasteiger partial charge on any atom is -0.287 e. The summed E-state index contributed by atoms with van der Waals surface area (Å²) in [5, 5.41) is 0. The van der Waals surface area contributed by atoms with Gasteiger partial charge in [0.1, 0.15) is 0 Å². The number of benzene rings is 2. The first-order valence-corrected chi connectivity index (χ1v) is 5.89. The molecule has 0 saturated carbocycles. The fourth-order valence-corrected chi connectivity index (χ4v) is 1.85. The van der Waals surface area contributed by atoms with E-state index in [1.807, 2.05) is 0 Å². The molecule has 0 amide bonds. The molecule has 0 fully saturated rings. The van der Waals surface area contributed by atoms with E-state index in [-0.39, 0.29) is 5.56 Å². The molecular formula is C15H9F5O. The van der Waals surface area contributed by atoms with Gasteiger partial charge in [-0.3, -0.25) is 4.79 Å². The molecule has 2 rings (SSSR count). The molecule has 0 N–H and O–H groups in total. The van der Waals surface area contributed by atoms with Crippen LogP contribution in [0.4, 0.5) is 22.0 Å². The molecule has 0 aliphatic carbocycles. The lowest BCUT2D eigenvalue weighted by Crippen LogP contribution is -2.44. The molecule has 0 heterocycles. The molecule has 0 aliphatic heterocycles. The third-order valence-corrected chi connectivity index (χ3v) is 2.90. The van der Waals surface area contributed by atoms with Crippen LogP contribution < -0.4 is 0 Å².